The molecule has 0 unspecified atom stereocenters. The van der Waals surface area contributed by atoms with Crippen molar-refractivity contribution < 1.29 is 9.18 Å². The molecule has 0 aliphatic carbocycles. The SMILES string of the molecule is Cc1c(C(=O)Nc2ccc(F)c(N)c2)cnn1C. The molecule has 2 rings (SSSR count). The molecule has 1 aromatic carbocycles. The van der Waals surface area contributed by atoms with Gasteiger partial charge in [0.1, 0.15) is 5.82 Å². The van der Waals surface area contributed by atoms with Crippen molar-refractivity contribution in [3.63, 3.8) is 0 Å². The summed E-state index contributed by atoms with van der Waals surface area (Å²) in [6, 6.07) is 4.04. The van der Waals surface area contributed by atoms with Crippen LogP contribution in [-0.4, -0.2) is 15.7 Å². The van der Waals surface area contributed by atoms with E-state index < -0.39 is 5.82 Å². The van der Waals surface area contributed by atoms with Gasteiger partial charge in [-0.3, -0.25) is 9.48 Å². The van der Waals surface area contributed by atoms with Gasteiger partial charge >= 0.3 is 0 Å². The summed E-state index contributed by atoms with van der Waals surface area (Å²) in [6.45, 7) is 1.79. The number of nitrogens with two attached hydrogens (primary N) is 1. The topological polar surface area (TPSA) is 72.9 Å². The van der Waals surface area contributed by atoms with E-state index in [9.17, 15) is 9.18 Å². The molecule has 1 heterocycles. The summed E-state index contributed by atoms with van der Waals surface area (Å²) in [6.07, 6.45) is 1.48. The number of benzene rings is 1. The number of nitrogen functional groups attached to an aromatic ring is 1. The summed E-state index contributed by atoms with van der Waals surface area (Å²) in [4.78, 5) is 11.9. The van der Waals surface area contributed by atoms with Gasteiger partial charge in [-0.15, -0.1) is 0 Å². The lowest BCUT2D eigenvalue weighted by atomic mass is 10.2. The van der Waals surface area contributed by atoms with Crippen LogP contribution in [-0.2, 0) is 7.05 Å². The molecule has 0 aliphatic heterocycles. The molecule has 0 saturated carbocycles. The van der Waals surface area contributed by atoms with E-state index in [0.29, 0.717) is 11.3 Å². The number of carbonyl (C=O) groups is 1. The molecule has 1 amide bonds. The number of aromatic nitrogens is 2. The van der Waals surface area contributed by atoms with E-state index in [0.717, 1.165) is 5.69 Å². The van der Waals surface area contributed by atoms with E-state index in [4.69, 9.17) is 5.73 Å². The number of aryl methyl sites for hydroxylation is 1. The first kappa shape index (κ1) is 12.1. The Labute approximate surface area is 103 Å². The number of amides is 1. The van der Waals surface area contributed by atoms with E-state index in [1.165, 1.54) is 24.4 Å². The van der Waals surface area contributed by atoms with Crippen LogP contribution in [0.25, 0.3) is 0 Å². The average molecular weight is 248 g/mol. The Morgan fingerprint density at radius 3 is 2.78 bits per heavy atom. The molecule has 6 heteroatoms. The first-order chi connectivity index (χ1) is 8.49. The number of nitrogens with zero attached hydrogens (tertiary/aromatic N) is 2. The normalized spacial score (nSPS) is 10.4. The van der Waals surface area contributed by atoms with Crippen LogP contribution in [0.2, 0.25) is 0 Å². The number of hydrogen-bond acceptors (Lipinski definition) is 3. The standard InChI is InChI=1S/C12H13FN4O/c1-7-9(6-15-17(7)2)12(18)16-8-3-4-10(13)11(14)5-8/h3-6H,14H2,1-2H3,(H,16,18). The molecular weight excluding hydrogens is 235 g/mol. The highest BCUT2D eigenvalue weighted by Gasteiger charge is 2.13. The zero-order chi connectivity index (χ0) is 13.3. The number of anilines is 2. The lowest BCUT2D eigenvalue weighted by Gasteiger charge is -2.06. The Balaban J connectivity index is 2.21. The van der Waals surface area contributed by atoms with Crippen molar-refractivity contribution >= 4 is 17.3 Å². The summed E-state index contributed by atoms with van der Waals surface area (Å²) >= 11 is 0. The van der Waals surface area contributed by atoms with Crippen molar-refractivity contribution in [2.45, 2.75) is 6.92 Å². The molecule has 1 aromatic heterocycles. The van der Waals surface area contributed by atoms with Gasteiger partial charge in [0.05, 0.1) is 17.4 Å². The third kappa shape index (κ3) is 2.17. The monoisotopic (exact) mass is 248 g/mol. The molecule has 0 saturated heterocycles. The van der Waals surface area contributed by atoms with E-state index in [2.05, 4.69) is 10.4 Å². The second kappa shape index (κ2) is 4.48. The molecular formula is C12H13FN4O. The Hall–Kier alpha value is -2.37. The molecule has 0 spiro atoms. The fourth-order valence-electron chi connectivity index (χ4n) is 1.54. The molecule has 0 radical (unpaired) electrons. The summed E-state index contributed by atoms with van der Waals surface area (Å²) in [7, 11) is 1.75. The van der Waals surface area contributed by atoms with Crippen LogP contribution in [0.1, 0.15) is 16.1 Å². The fraction of sp³-hybridized carbons (Fsp3) is 0.167. The van der Waals surface area contributed by atoms with E-state index in [1.54, 1.807) is 18.7 Å². The van der Waals surface area contributed by atoms with Crippen molar-refractivity contribution in [3.8, 4) is 0 Å². The fourth-order valence-corrected chi connectivity index (χ4v) is 1.54. The molecule has 0 atom stereocenters. The van der Waals surface area contributed by atoms with Crippen LogP contribution >= 0.6 is 0 Å². The molecule has 2 aromatic rings. The van der Waals surface area contributed by atoms with Gasteiger partial charge < -0.3 is 11.1 Å². The third-order valence-electron chi connectivity index (χ3n) is 2.73. The highest BCUT2D eigenvalue weighted by Crippen LogP contribution is 2.17. The number of carbonyl (C=O) groups excluding carboxylic acids is 1. The van der Waals surface area contributed by atoms with Gasteiger partial charge in [0, 0.05) is 18.4 Å². The molecule has 3 N–H and O–H groups in total. The predicted octanol–water partition coefficient (Wildman–Crippen LogP) is 1.70. The third-order valence-corrected chi connectivity index (χ3v) is 2.73. The first-order valence-corrected chi connectivity index (χ1v) is 5.34. The highest BCUT2D eigenvalue weighted by molar-refractivity contribution is 6.05. The van der Waals surface area contributed by atoms with E-state index >= 15 is 0 Å². The Morgan fingerprint density at radius 2 is 2.22 bits per heavy atom. The summed E-state index contributed by atoms with van der Waals surface area (Å²) in [5.74, 6) is -0.808. The molecule has 18 heavy (non-hydrogen) atoms. The largest absolute Gasteiger partial charge is 0.396 e. The Morgan fingerprint density at radius 1 is 1.50 bits per heavy atom. The van der Waals surface area contributed by atoms with E-state index in [1.807, 2.05) is 0 Å². The smallest absolute Gasteiger partial charge is 0.259 e. The van der Waals surface area contributed by atoms with Gasteiger partial charge in [-0.2, -0.15) is 5.10 Å². The van der Waals surface area contributed by atoms with Gasteiger partial charge in [-0.1, -0.05) is 0 Å². The highest BCUT2D eigenvalue weighted by atomic mass is 19.1. The second-order valence-electron chi connectivity index (χ2n) is 3.96. The number of nitrogens with one attached hydrogen (secondary N) is 1. The minimum atomic E-state index is -0.509. The van der Waals surface area contributed by atoms with Crippen molar-refractivity contribution in [1.29, 1.82) is 0 Å². The molecule has 5 nitrogen and oxygen atoms in total. The van der Waals surface area contributed by atoms with Gasteiger partial charge in [0.25, 0.3) is 5.91 Å². The molecule has 0 bridgehead atoms. The van der Waals surface area contributed by atoms with Crippen molar-refractivity contribution in [2.24, 2.45) is 7.05 Å². The van der Waals surface area contributed by atoms with Crippen LogP contribution in [0.4, 0.5) is 15.8 Å². The van der Waals surface area contributed by atoms with Crippen molar-refractivity contribution in [1.82, 2.24) is 9.78 Å². The van der Waals surface area contributed by atoms with Gasteiger partial charge in [0.15, 0.2) is 0 Å². The maximum absolute atomic E-state index is 13.0. The van der Waals surface area contributed by atoms with Gasteiger partial charge in [0.2, 0.25) is 0 Å². The molecule has 0 fully saturated rings. The lowest BCUT2D eigenvalue weighted by Crippen LogP contribution is -2.13. The molecule has 94 valence electrons. The Bertz CT molecular complexity index is 606. The average Bonchev–Trinajstić information content (AvgIpc) is 2.65. The Kier molecular flexibility index (Phi) is 3.01. The second-order valence-corrected chi connectivity index (χ2v) is 3.96. The van der Waals surface area contributed by atoms with Crippen LogP contribution < -0.4 is 11.1 Å². The van der Waals surface area contributed by atoms with Crippen LogP contribution in [0.3, 0.4) is 0 Å². The van der Waals surface area contributed by atoms with Gasteiger partial charge in [-0.05, 0) is 25.1 Å². The minimum absolute atomic E-state index is 0.00397. The number of rotatable bonds is 2. The van der Waals surface area contributed by atoms with Crippen LogP contribution in [0.15, 0.2) is 24.4 Å². The van der Waals surface area contributed by atoms with Crippen molar-refractivity contribution in [2.75, 3.05) is 11.1 Å². The summed E-state index contributed by atoms with van der Waals surface area (Å²) in [5, 5.41) is 6.62. The zero-order valence-electron chi connectivity index (χ0n) is 10.1. The van der Waals surface area contributed by atoms with Crippen LogP contribution in [0, 0.1) is 12.7 Å². The maximum Gasteiger partial charge on any atom is 0.259 e. The van der Waals surface area contributed by atoms with E-state index in [-0.39, 0.29) is 11.6 Å². The summed E-state index contributed by atoms with van der Waals surface area (Å²) < 4.78 is 14.6. The van der Waals surface area contributed by atoms with Gasteiger partial charge in [-0.25, -0.2) is 4.39 Å². The predicted molar refractivity (Wildman–Crippen MR) is 66.7 cm³/mol. The first-order valence-electron chi connectivity index (χ1n) is 5.34. The zero-order valence-corrected chi connectivity index (χ0v) is 10.1. The lowest BCUT2D eigenvalue weighted by molar-refractivity contribution is 0.102. The maximum atomic E-state index is 13.0. The van der Waals surface area contributed by atoms with Crippen LogP contribution in [0.5, 0.6) is 0 Å². The quantitative estimate of drug-likeness (QED) is 0.794. The molecule has 0 aliphatic rings. The number of hydrogen-bond donors (Lipinski definition) is 2. The van der Waals surface area contributed by atoms with Crippen molar-refractivity contribution in [3.05, 3.63) is 41.5 Å². The number of halogens is 1. The summed E-state index contributed by atoms with van der Waals surface area (Å²) in [5.41, 5.74) is 7.09. The minimum Gasteiger partial charge on any atom is -0.396 e.